The number of carbonyl (C=O) groups is 6. The van der Waals surface area contributed by atoms with E-state index in [1.54, 1.807) is 72.8 Å². The highest BCUT2D eigenvalue weighted by Gasteiger charge is 2.49. The van der Waals surface area contributed by atoms with E-state index in [0.717, 1.165) is 59.2 Å². The molecular weight excluding hydrogens is 1710 g/mol. The molecule has 0 bridgehead atoms. The Bertz CT molecular complexity index is 4270. The van der Waals surface area contributed by atoms with Crippen molar-refractivity contribution in [3.8, 4) is 0 Å². The lowest BCUT2D eigenvalue weighted by molar-refractivity contribution is -0.385. The van der Waals surface area contributed by atoms with Crippen molar-refractivity contribution in [3.05, 3.63) is 219 Å². The van der Waals surface area contributed by atoms with Crippen LogP contribution in [0, 0.1) is 41.1 Å². The van der Waals surface area contributed by atoms with Gasteiger partial charge in [-0.25, -0.2) is 54.0 Å². The number of rotatable bonds is 24. The third-order valence-electron chi connectivity index (χ3n) is 12.1. The molecule has 96 heavy (non-hydrogen) atoms. The summed E-state index contributed by atoms with van der Waals surface area (Å²) in [5, 5.41) is 18.7. The van der Waals surface area contributed by atoms with Crippen molar-refractivity contribution in [1.82, 2.24) is 0 Å². The Labute approximate surface area is 577 Å². The van der Waals surface area contributed by atoms with Gasteiger partial charge in [-0.15, -0.1) is 0 Å². The summed E-state index contributed by atoms with van der Waals surface area (Å²) in [5.74, 6) is -8.83. The van der Waals surface area contributed by atoms with E-state index < -0.39 is 165 Å². The third-order valence-corrected chi connectivity index (χ3v) is 17.3. The summed E-state index contributed by atoms with van der Waals surface area (Å²) < 4.78 is 209. The quantitative estimate of drug-likeness (QED) is 0.0103. The number of nitro benzene ring substituents is 3. The number of halogens is 9. The molecule has 516 valence electrons. The maximum atomic E-state index is 13.7. The lowest BCUT2D eigenvalue weighted by Crippen LogP contribution is -2.42. The molecule has 0 fully saturated rings. The molecule has 0 aliphatic rings. The van der Waals surface area contributed by atoms with Crippen LogP contribution < -0.4 is 0 Å². The van der Waals surface area contributed by atoms with Crippen LogP contribution in [0.2, 0.25) is 0 Å². The average molecular weight is 1750 g/mol. The normalized spacial score (nSPS) is 12.7. The minimum Gasteiger partial charge on any atom is -0.743 e. The monoisotopic (exact) mass is 1750 g/mol. The molecule has 0 N–H and O–H groups in total. The van der Waals surface area contributed by atoms with E-state index in [1.807, 2.05) is 22.6 Å². The van der Waals surface area contributed by atoms with Crippen molar-refractivity contribution in [2.45, 2.75) is 74.7 Å². The predicted molar refractivity (Wildman–Crippen MR) is 333 cm³/mol. The number of hydrogen-bond acceptors (Lipinski definition) is 27. The molecule has 3 atom stereocenters. The van der Waals surface area contributed by atoms with Gasteiger partial charge in [0.25, 0.3) is 17.1 Å². The fourth-order valence-electron chi connectivity index (χ4n) is 7.05. The minimum absolute atomic E-state index is 0.232. The lowest BCUT2D eigenvalue weighted by atomic mass is 10.1. The second-order valence-electron chi connectivity index (χ2n) is 18.7. The maximum absolute atomic E-state index is 13.7. The van der Waals surface area contributed by atoms with Crippen LogP contribution in [0.1, 0.15) is 99.6 Å². The number of carbonyl (C=O) groups excluding carboxylic acids is 6. The van der Waals surface area contributed by atoms with Gasteiger partial charge in [0.15, 0.2) is 59.8 Å². The molecule has 0 aromatic heterocycles. The van der Waals surface area contributed by atoms with Crippen LogP contribution in [-0.4, -0.2) is 124 Å². The zero-order chi connectivity index (χ0) is 72.8. The highest BCUT2D eigenvalue weighted by Crippen LogP contribution is 2.34. The summed E-state index contributed by atoms with van der Waals surface area (Å²) in [6.07, 6.45) is -8.28. The SMILES string of the molecule is CC(OC(=O)c1c(C(=O)OCc2ccc(I)cc2)cccc1[N+](=O)[O-])C(F)(F)S(=O)(=O)[O-].CC(OC(=O)c1cc([N+](=O)[O-])ccc1C(=O)OCc1ccc(I)cc1)C(F)(F)S(=O)(=O)[O-].CC(OC(=O)c1cccc([N+](=O)[O-])c1C(=O)OCc1ccc(I)cc1)C(F)(F)S(=O)(=O)[O-]. The first kappa shape index (κ1) is 80.3. The molecule has 0 radical (unpaired) electrons. The molecule has 0 saturated carbocycles. The fraction of sp³-hybridized carbons (Fsp3) is 0.222. The largest absolute Gasteiger partial charge is 0.743 e. The Balaban J connectivity index is 0.000000306. The molecule has 0 saturated heterocycles. The second-order valence-corrected chi connectivity index (χ2v) is 26.8. The van der Waals surface area contributed by atoms with Crippen LogP contribution in [0.25, 0.3) is 0 Å². The van der Waals surface area contributed by atoms with Gasteiger partial charge in [0.2, 0.25) is 0 Å². The Kier molecular flexibility index (Phi) is 27.8. The molecule has 0 heterocycles. The van der Waals surface area contributed by atoms with Gasteiger partial charge in [-0.05, 0) is 160 Å². The first-order chi connectivity index (χ1) is 44.2. The van der Waals surface area contributed by atoms with Crippen molar-refractivity contribution in [1.29, 1.82) is 0 Å². The standard InChI is InChI=1S/3C18H14F2INO9S/c1-10(18(19,20)32(27,28)29)31-17(24)15-8-13(22(25)26)6-7-14(15)16(23)30-9-11-2-4-12(21)5-3-11;1-10(18(19,20)32(27,28)29)31-16(23)13-3-2-4-14(22(25)26)15(13)17(24)30-9-11-5-7-12(21)8-6-11;1-10(18(19,20)32(27,28)29)31-17(24)15-13(3-2-4-14(15)22(25)26)16(23)30-9-11-5-7-12(21)8-6-11/h3*2-8,10H,9H2,1H3,(H,27,28,29)/p-3. The van der Waals surface area contributed by atoms with E-state index in [9.17, 15) is 124 Å². The van der Waals surface area contributed by atoms with E-state index >= 15 is 0 Å². The van der Waals surface area contributed by atoms with Crippen molar-refractivity contribution < 1.29 is 137 Å². The summed E-state index contributed by atoms with van der Waals surface area (Å²) in [7, 11) is -18.6. The molecule has 6 aromatic carbocycles. The summed E-state index contributed by atoms with van der Waals surface area (Å²) in [4.78, 5) is 105. The molecule has 3 unspecified atom stereocenters. The van der Waals surface area contributed by atoms with Crippen molar-refractivity contribution in [3.63, 3.8) is 0 Å². The number of hydrogen-bond donors (Lipinski definition) is 0. The van der Waals surface area contributed by atoms with Gasteiger partial charge in [0, 0.05) is 35.0 Å². The Morgan fingerprint density at radius 2 is 0.698 bits per heavy atom. The summed E-state index contributed by atoms with van der Waals surface area (Å²) in [6.45, 7) is 0.481. The van der Waals surface area contributed by atoms with Gasteiger partial charge in [0.05, 0.1) is 37.0 Å². The average Bonchev–Trinajstić information content (AvgIpc) is 0.811. The summed E-state index contributed by atoms with van der Waals surface area (Å²) >= 11 is 6.16. The second kappa shape index (κ2) is 33.2. The number of nitro groups is 3. The molecule has 30 nitrogen and oxygen atoms in total. The first-order valence-corrected chi connectivity index (χ1v) is 32.9. The van der Waals surface area contributed by atoms with Crippen LogP contribution in [-0.2, 0) is 78.6 Å². The minimum atomic E-state index is -6.21. The Hall–Kier alpha value is -8.16. The summed E-state index contributed by atoms with van der Waals surface area (Å²) in [6, 6.07) is 28.1. The van der Waals surface area contributed by atoms with E-state index in [-0.39, 0.29) is 19.8 Å². The zero-order valence-electron chi connectivity index (χ0n) is 48.0. The van der Waals surface area contributed by atoms with Gasteiger partial charge in [-0.3, -0.25) is 30.3 Å². The van der Waals surface area contributed by atoms with Crippen LogP contribution in [0.3, 0.4) is 0 Å². The third kappa shape index (κ3) is 21.2. The number of non-ortho nitro benzene ring substituents is 1. The zero-order valence-corrected chi connectivity index (χ0v) is 56.9. The predicted octanol–water partition coefficient (Wildman–Crippen LogP) is 9.72. The molecule has 6 rings (SSSR count). The Morgan fingerprint density at radius 1 is 0.406 bits per heavy atom. The number of ether oxygens (including phenoxy) is 6. The van der Waals surface area contributed by atoms with E-state index in [1.165, 1.54) is 0 Å². The lowest BCUT2D eigenvalue weighted by Gasteiger charge is -2.25. The molecule has 0 spiro atoms. The van der Waals surface area contributed by atoms with Gasteiger partial charge in [0.1, 0.15) is 19.8 Å². The Morgan fingerprint density at radius 3 is 1.02 bits per heavy atom. The first-order valence-electron chi connectivity index (χ1n) is 25.5. The van der Waals surface area contributed by atoms with Crippen LogP contribution >= 0.6 is 67.8 Å². The van der Waals surface area contributed by atoms with E-state index in [0.29, 0.717) is 43.5 Å². The van der Waals surface area contributed by atoms with E-state index in [2.05, 4.69) is 59.4 Å². The maximum Gasteiger partial charge on any atom is 0.370 e. The molecule has 42 heteroatoms. The molecule has 0 aliphatic heterocycles. The molecule has 0 aliphatic carbocycles. The van der Waals surface area contributed by atoms with Crippen LogP contribution in [0.5, 0.6) is 0 Å². The van der Waals surface area contributed by atoms with Gasteiger partial charge in [-0.2, -0.15) is 26.3 Å². The van der Waals surface area contributed by atoms with Gasteiger partial charge in [-0.1, -0.05) is 48.5 Å². The number of esters is 6. The van der Waals surface area contributed by atoms with Gasteiger partial charge >= 0.3 is 51.6 Å². The molecule has 6 aromatic rings. The highest BCUT2D eigenvalue weighted by molar-refractivity contribution is 14.1. The summed E-state index contributed by atoms with van der Waals surface area (Å²) in [5.41, 5.74) is -5.64. The smallest absolute Gasteiger partial charge is 0.370 e. The van der Waals surface area contributed by atoms with E-state index in [4.69, 9.17) is 14.2 Å². The highest BCUT2D eigenvalue weighted by atomic mass is 127. The van der Waals surface area contributed by atoms with Crippen molar-refractivity contribution in [2.24, 2.45) is 0 Å². The number of benzene rings is 6. The topological polar surface area (TPSA) is 459 Å². The van der Waals surface area contributed by atoms with Crippen molar-refractivity contribution >= 4 is 151 Å². The molecular formula is C54H39F6I3N3O27S3-3. The van der Waals surface area contributed by atoms with Crippen LogP contribution in [0.4, 0.5) is 43.4 Å². The number of nitrogens with zero attached hydrogens (tertiary/aromatic N) is 3. The van der Waals surface area contributed by atoms with Gasteiger partial charge < -0.3 is 42.1 Å². The van der Waals surface area contributed by atoms with Crippen LogP contribution in [0.15, 0.2) is 127 Å². The fourth-order valence-corrected chi connectivity index (χ4v) is 9.49. The number of alkyl halides is 6. The van der Waals surface area contributed by atoms with Crippen molar-refractivity contribution in [2.75, 3.05) is 0 Å². The molecule has 0 amide bonds.